The molecule has 0 aromatic carbocycles. The van der Waals surface area contributed by atoms with Crippen LogP contribution in [0.5, 0.6) is 0 Å². The Kier molecular flexibility index (Phi) is 4.80. The fourth-order valence-corrected chi connectivity index (χ4v) is 5.20. The molecule has 3 atom stereocenters. The third-order valence-corrected chi connectivity index (χ3v) is 6.43. The van der Waals surface area contributed by atoms with E-state index in [2.05, 4.69) is 53.4 Å². The predicted octanol–water partition coefficient (Wildman–Crippen LogP) is 3.74. The number of aromatic nitrogens is 2. The molecule has 26 heavy (non-hydrogen) atoms. The molecule has 0 N–H and O–H groups in total. The molecule has 0 spiro atoms. The third kappa shape index (κ3) is 2.95. The van der Waals surface area contributed by atoms with Crippen LogP contribution in [0.25, 0.3) is 0 Å². The second-order valence-corrected chi connectivity index (χ2v) is 8.51. The third-order valence-electron chi connectivity index (χ3n) is 5.33. The summed E-state index contributed by atoms with van der Waals surface area (Å²) in [5.41, 5.74) is 5.01. The van der Waals surface area contributed by atoms with Crippen molar-refractivity contribution in [1.82, 2.24) is 14.5 Å². The minimum absolute atomic E-state index is 0.0579. The Morgan fingerprint density at radius 2 is 2.15 bits per heavy atom. The van der Waals surface area contributed by atoms with Gasteiger partial charge in [-0.15, -0.1) is 0 Å². The van der Waals surface area contributed by atoms with Crippen LogP contribution in [-0.2, 0) is 11.3 Å². The molecule has 0 unspecified atom stereocenters. The van der Waals surface area contributed by atoms with Gasteiger partial charge in [-0.25, -0.2) is 0 Å². The quantitative estimate of drug-likeness (QED) is 0.804. The molecule has 0 saturated carbocycles. The van der Waals surface area contributed by atoms with Gasteiger partial charge in [0.2, 0.25) is 0 Å². The molecule has 0 bridgehead atoms. The molecule has 2 aliphatic rings. The first kappa shape index (κ1) is 17.6. The van der Waals surface area contributed by atoms with E-state index in [0.29, 0.717) is 5.25 Å². The largest absolute Gasteiger partial charge is 0.383 e. The number of hydrogen-bond acceptors (Lipinski definition) is 5. The zero-order chi connectivity index (χ0) is 18.3. The van der Waals surface area contributed by atoms with Gasteiger partial charge in [0.05, 0.1) is 18.3 Å². The number of thioether (sulfide) groups is 1. The summed E-state index contributed by atoms with van der Waals surface area (Å²) in [7, 11) is 1.76. The Balaban J connectivity index is 1.75. The highest BCUT2D eigenvalue weighted by Gasteiger charge is 2.44. The number of hydrogen-bond donors (Lipinski definition) is 0. The SMILES string of the molecule is COCCn1c(C)cc([C@@H]2[C@H](c3ccccn3)N=C3S[C@@H](C)CN32)c1C. The number of aliphatic imine (C=N–C) groups is 1. The molecule has 0 amide bonds. The molecule has 4 rings (SSSR count). The van der Waals surface area contributed by atoms with Crippen molar-refractivity contribution in [3.05, 3.63) is 53.1 Å². The average molecular weight is 371 g/mol. The first-order valence-electron chi connectivity index (χ1n) is 9.17. The van der Waals surface area contributed by atoms with E-state index in [4.69, 9.17) is 9.73 Å². The molecule has 2 aromatic rings. The summed E-state index contributed by atoms with van der Waals surface area (Å²) < 4.78 is 7.66. The number of ether oxygens (including phenoxy) is 1. The molecular formula is C20H26N4OS. The Hall–Kier alpha value is -1.79. The molecule has 6 heteroatoms. The standard InChI is InChI=1S/C20H26N4OS/c1-13-11-16(15(3)23(13)9-10-25-4)19-18(17-7-5-6-8-21-17)22-20-24(19)12-14(2)26-20/h5-8,11,14,18-19H,9-10,12H2,1-4H3/t14-,18-,19+/m0/s1. The summed E-state index contributed by atoms with van der Waals surface area (Å²) >= 11 is 1.89. The van der Waals surface area contributed by atoms with Crippen LogP contribution < -0.4 is 0 Å². The Bertz CT molecular complexity index is 817. The van der Waals surface area contributed by atoms with Gasteiger partial charge in [-0.3, -0.25) is 9.98 Å². The molecule has 2 aliphatic heterocycles. The van der Waals surface area contributed by atoms with Gasteiger partial charge < -0.3 is 14.2 Å². The van der Waals surface area contributed by atoms with Gasteiger partial charge in [0.1, 0.15) is 6.04 Å². The van der Waals surface area contributed by atoms with E-state index >= 15 is 0 Å². The maximum Gasteiger partial charge on any atom is 0.160 e. The Morgan fingerprint density at radius 3 is 2.88 bits per heavy atom. The lowest BCUT2D eigenvalue weighted by atomic mass is 9.96. The monoisotopic (exact) mass is 370 g/mol. The average Bonchev–Trinajstić information content (AvgIpc) is 3.24. The van der Waals surface area contributed by atoms with Crippen molar-refractivity contribution in [2.45, 2.75) is 44.6 Å². The van der Waals surface area contributed by atoms with Gasteiger partial charge in [-0.05, 0) is 37.6 Å². The number of nitrogens with zero attached hydrogens (tertiary/aromatic N) is 4. The van der Waals surface area contributed by atoms with E-state index < -0.39 is 0 Å². The summed E-state index contributed by atoms with van der Waals surface area (Å²) in [6.07, 6.45) is 1.87. The fraction of sp³-hybridized carbons (Fsp3) is 0.500. The van der Waals surface area contributed by atoms with E-state index in [1.54, 1.807) is 7.11 Å². The first-order valence-corrected chi connectivity index (χ1v) is 10.1. The minimum Gasteiger partial charge on any atom is -0.383 e. The second-order valence-electron chi connectivity index (χ2n) is 7.11. The topological polar surface area (TPSA) is 42.6 Å². The van der Waals surface area contributed by atoms with Gasteiger partial charge in [0.15, 0.2) is 5.17 Å². The zero-order valence-electron chi connectivity index (χ0n) is 15.8. The minimum atomic E-state index is 0.0579. The molecule has 0 radical (unpaired) electrons. The number of methoxy groups -OCH3 is 1. The smallest absolute Gasteiger partial charge is 0.160 e. The normalized spacial score (nSPS) is 24.8. The van der Waals surface area contributed by atoms with Crippen LogP contribution in [0.3, 0.4) is 0 Å². The van der Waals surface area contributed by atoms with E-state index in [1.165, 1.54) is 22.1 Å². The van der Waals surface area contributed by atoms with Crippen LogP contribution in [-0.4, -0.2) is 45.1 Å². The van der Waals surface area contributed by atoms with Crippen molar-refractivity contribution < 1.29 is 4.74 Å². The lowest BCUT2D eigenvalue weighted by Gasteiger charge is -2.27. The molecular weight excluding hydrogens is 344 g/mol. The molecule has 0 aliphatic carbocycles. The van der Waals surface area contributed by atoms with Crippen molar-refractivity contribution in [3.63, 3.8) is 0 Å². The second kappa shape index (κ2) is 7.08. The molecule has 5 nitrogen and oxygen atoms in total. The van der Waals surface area contributed by atoms with E-state index in [-0.39, 0.29) is 12.1 Å². The van der Waals surface area contributed by atoms with Gasteiger partial charge in [0.25, 0.3) is 0 Å². The molecule has 4 heterocycles. The highest BCUT2D eigenvalue weighted by Crippen LogP contribution is 2.48. The van der Waals surface area contributed by atoms with E-state index in [9.17, 15) is 0 Å². The Morgan fingerprint density at radius 1 is 1.31 bits per heavy atom. The summed E-state index contributed by atoms with van der Waals surface area (Å²) in [4.78, 5) is 12.2. The van der Waals surface area contributed by atoms with Gasteiger partial charge in [-0.2, -0.15) is 0 Å². The van der Waals surface area contributed by atoms with E-state index in [1.807, 2.05) is 24.0 Å². The van der Waals surface area contributed by atoms with Gasteiger partial charge in [0, 0.05) is 43.0 Å². The van der Waals surface area contributed by atoms with Crippen molar-refractivity contribution in [1.29, 1.82) is 0 Å². The molecule has 138 valence electrons. The highest BCUT2D eigenvalue weighted by atomic mass is 32.2. The van der Waals surface area contributed by atoms with Crippen LogP contribution in [0.15, 0.2) is 35.5 Å². The van der Waals surface area contributed by atoms with Crippen LogP contribution >= 0.6 is 11.8 Å². The summed E-state index contributed by atoms with van der Waals surface area (Å²) in [5.74, 6) is 0. The number of amidine groups is 1. The summed E-state index contributed by atoms with van der Waals surface area (Å²) in [6.45, 7) is 9.33. The van der Waals surface area contributed by atoms with Gasteiger partial charge in [-0.1, -0.05) is 24.8 Å². The number of aryl methyl sites for hydroxylation is 1. The maximum atomic E-state index is 5.30. The van der Waals surface area contributed by atoms with Crippen LogP contribution in [0.4, 0.5) is 0 Å². The zero-order valence-corrected chi connectivity index (χ0v) is 16.7. The molecule has 1 saturated heterocycles. The van der Waals surface area contributed by atoms with Crippen molar-refractivity contribution in [2.24, 2.45) is 4.99 Å². The first-order chi connectivity index (χ1) is 12.6. The van der Waals surface area contributed by atoms with Crippen LogP contribution in [0, 0.1) is 13.8 Å². The maximum absolute atomic E-state index is 5.30. The fourth-order valence-electron chi connectivity index (χ4n) is 4.11. The lowest BCUT2D eigenvalue weighted by molar-refractivity contribution is 0.186. The number of pyridine rings is 1. The number of rotatable bonds is 5. The molecule has 1 fully saturated rings. The van der Waals surface area contributed by atoms with Crippen molar-refractivity contribution in [2.75, 3.05) is 20.3 Å². The van der Waals surface area contributed by atoms with Crippen molar-refractivity contribution >= 4 is 16.9 Å². The Labute approximate surface area is 159 Å². The highest BCUT2D eigenvalue weighted by molar-refractivity contribution is 8.14. The summed E-state index contributed by atoms with van der Waals surface area (Å²) in [6, 6.07) is 8.73. The van der Waals surface area contributed by atoms with E-state index in [0.717, 1.165) is 25.4 Å². The predicted molar refractivity (Wildman–Crippen MR) is 107 cm³/mol. The molecule has 2 aromatic heterocycles. The van der Waals surface area contributed by atoms with Crippen LogP contribution in [0.2, 0.25) is 0 Å². The summed E-state index contributed by atoms with van der Waals surface area (Å²) in [5, 5.41) is 1.75. The number of fused-ring (bicyclic) bond motifs is 1. The van der Waals surface area contributed by atoms with Gasteiger partial charge >= 0.3 is 0 Å². The lowest BCUT2D eigenvalue weighted by Crippen LogP contribution is -2.29. The van der Waals surface area contributed by atoms with Crippen LogP contribution in [0.1, 0.15) is 41.7 Å². The van der Waals surface area contributed by atoms with Crippen molar-refractivity contribution in [3.8, 4) is 0 Å².